The minimum absolute atomic E-state index is 0.0721. The number of carbonyl (C=O) groups excluding carboxylic acids is 1. The topological polar surface area (TPSA) is 45.2 Å². The van der Waals surface area contributed by atoms with Gasteiger partial charge in [-0.15, -0.1) is 11.3 Å². The van der Waals surface area contributed by atoms with Crippen LogP contribution in [0.25, 0.3) is 0 Å². The van der Waals surface area contributed by atoms with Crippen LogP contribution < -0.4 is 5.32 Å². The second-order valence-corrected chi connectivity index (χ2v) is 7.63. The van der Waals surface area contributed by atoms with E-state index >= 15 is 0 Å². The molecule has 134 valence electrons. The lowest BCUT2D eigenvalue weighted by Crippen LogP contribution is -2.29. The van der Waals surface area contributed by atoms with Crippen molar-refractivity contribution in [3.05, 3.63) is 52.0 Å². The van der Waals surface area contributed by atoms with E-state index in [9.17, 15) is 4.79 Å². The maximum Gasteiger partial charge on any atom is 0.226 e. The van der Waals surface area contributed by atoms with Crippen molar-refractivity contribution in [1.29, 1.82) is 0 Å². The monoisotopic (exact) mass is 357 g/mol. The van der Waals surface area contributed by atoms with Crippen LogP contribution in [0, 0.1) is 0 Å². The Morgan fingerprint density at radius 3 is 2.76 bits per heavy atom. The van der Waals surface area contributed by atoms with Gasteiger partial charge in [0, 0.05) is 11.9 Å². The van der Waals surface area contributed by atoms with Crippen molar-refractivity contribution < 1.29 is 4.79 Å². The predicted octanol–water partition coefficient (Wildman–Crippen LogP) is 3.42. The van der Waals surface area contributed by atoms with Crippen molar-refractivity contribution in [2.24, 2.45) is 0 Å². The van der Waals surface area contributed by atoms with Gasteiger partial charge in [0.25, 0.3) is 0 Å². The molecule has 5 heteroatoms. The summed E-state index contributed by atoms with van der Waals surface area (Å²) in [4.78, 5) is 19.2. The maximum atomic E-state index is 12.1. The zero-order valence-corrected chi connectivity index (χ0v) is 15.6. The van der Waals surface area contributed by atoms with E-state index in [1.165, 1.54) is 37.9 Å². The minimum atomic E-state index is 0.0721. The summed E-state index contributed by atoms with van der Waals surface area (Å²) >= 11 is 1.68. The number of carbonyl (C=O) groups is 1. The Labute approximate surface area is 154 Å². The van der Waals surface area contributed by atoms with E-state index in [1.807, 2.05) is 11.4 Å². The molecule has 0 saturated carbocycles. The van der Waals surface area contributed by atoms with Crippen molar-refractivity contribution in [3.63, 3.8) is 0 Å². The average molecular weight is 358 g/mol. The zero-order chi connectivity index (χ0) is 17.3. The van der Waals surface area contributed by atoms with E-state index in [4.69, 9.17) is 0 Å². The molecule has 2 aromatic rings. The molecule has 3 rings (SSSR count). The normalized spacial score (nSPS) is 15.2. The van der Waals surface area contributed by atoms with Crippen LogP contribution in [0.15, 0.2) is 35.7 Å². The van der Waals surface area contributed by atoms with E-state index in [0.717, 1.165) is 36.6 Å². The number of nitrogens with one attached hydrogen (secondary N) is 1. The van der Waals surface area contributed by atoms with Crippen LogP contribution in [0.5, 0.6) is 0 Å². The van der Waals surface area contributed by atoms with Gasteiger partial charge in [0.15, 0.2) is 0 Å². The number of amides is 1. The summed E-state index contributed by atoms with van der Waals surface area (Å²) < 4.78 is 0. The molecule has 25 heavy (non-hydrogen) atoms. The van der Waals surface area contributed by atoms with Crippen LogP contribution in [-0.4, -0.2) is 35.4 Å². The lowest BCUT2D eigenvalue weighted by Gasteiger charge is -2.25. The lowest BCUT2D eigenvalue weighted by atomic mass is 10.1. The molecule has 1 saturated heterocycles. The molecule has 1 N–H and O–H groups in total. The molecule has 0 aliphatic carbocycles. The third-order valence-corrected chi connectivity index (χ3v) is 5.44. The molecule has 0 bridgehead atoms. The van der Waals surface area contributed by atoms with Gasteiger partial charge in [-0.3, -0.25) is 9.69 Å². The highest BCUT2D eigenvalue weighted by Crippen LogP contribution is 2.16. The lowest BCUT2D eigenvalue weighted by molar-refractivity contribution is -0.120. The van der Waals surface area contributed by atoms with Crippen LogP contribution in [0.3, 0.4) is 0 Å². The third-order valence-electron chi connectivity index (χ3n) is 4.56. The number of thiazole rings is 1. The molecule has 0 radical (unpaired) electrons. The molecule has 1 aromatic heterocycles. The molecule has 1 fully saturated rings. The van der Waals surface area contributed by atoms with Gasteiger partial charge < -0.3 is 5.32 Å². The van der Waals surface area contributed by atoms with E-state index in [2.05, 4.69) is 39.5 Å². The average Bonchev–Trinajstić information content (AvgIpc) is 3.07. The Bertz CT molecular complexity index is 650. The molecule has 4 nitrogen and oxygen atoms in total. The summed E-state index contributed by atoms with van der Waals surface area (Å²) in [6.07, 6.45) is 6.30. The number of rotatable bonds is 8. The smallest absolute Gasteiger partial charge is 0.226 e. The fourth-order valence-electron chi connectivity index (χ4n) is 3.20. The molecular weight excluding hydrogens is 330 g/mol. The number of benzene rings is 1. The Morgan fingerprint density at radius 2 is 1.96 bits per heavy atom. The standard InChI is InChI=1S/C20H27N3OS/c24-19(21-11-7-10-17-8-3-1-4-9-17)14-18-16-25-20(22-18)15-23-12-5-2-6-13-23/h1,3-4,8-9,16H,2,5-7,10-15H2,(H,21,24). The van der Waals surface area contributed by atoms with Gasteiger partial charge in [-0.05, 0) is 44.3 Å². The fraction of sp³-hybridized carbons (Fsp3) is 0.500. The molecular formula is C20H27N3OS. The van der Waals surface area contributed by atoms with Crippen LogP contribution in [0.1, 0.15) is 41.9 Å². The van der Waals surface area contributed by atoms with E-state index in [0.29, 0.717) is 6.42 Å². The number of aromatic nitrogens is 1. The second kappa shape index (κ2) is 9.68. The third kappa shape index (κ3) is 6.25. The summed E-state index contributed by atoms with van der Waals surface area (Å²) in [5.41, 5.74) is 2.22. The van der Waals surface area contributed by atoms with Gasteiger partial charge in [0.2, 0.25) is 5.91 Å². The number of hydrogen-bond acceptors (Lipinski definition) is 4. The van der Waals surface area contributed by atoms with E-state index in [1.54, 1.807) is 11.3 Å². The highest BCUT2D eigenvalue weighted by atomic mass is 32.1. The quantitative estimate of drug-likeness (QED) is 0.736. The van der Waals surface area contributed by atoms with Gasteiger partial charge in [0.05, 0.1) is 18.7 Å². The molecule has 1 aliphatic heterocycles. The number of likely N-dealkylation sites (tertiary alicyclic amines) is 1. The minimum Gasteiger partial charge on any atom is -0.356 e. The Morgan fingerprint density at radius 1 is 1.16 bits per heavy atom. The molecule has 1 aliphatic rings. The Hall–Kier alpha value is -1.72. The highest BCUT2D eigenvalue weighted by molar-refractivity contribution is 7.09. The Balaban J connectivity index is 1.35. The summed E-state index contributed by atoms with van der Waals surface area (Å²) in [5, 5.41) is 6.17. The van der Waals surface area contributed by atoms with Crippen LogP contribution in [0.4, 0.5) is 0 Å². The number of nitrogens with zero attached hydrogens (tertiary/aromatic N) is 2. The molecule has 0 spiro atoms. The molecule has 1 aromatic carbocycles. The molecule has 2 heterocycles. The largest absolute Gasteiger partial charge is 0.356 e. The van der Waals surface area contributed by atoms with E-state index in [-0.39, 0.29) is 5.91 Å². The van der Waals surface area contributed by atoms with Crippen molar-refractivity contribution in [2.45, 2.75) is 45.1 Å². The van der Waals surface area contributed by atoms with Crippen molar-refractivity contribution in [2.75, 3.05) is 19.6 Å². The number of aryl methyl sites for hydroxylation is 1. The highest BCUT2D eigenvalue weighted by Gasteiger charge is 2.13. The van der Waals surface area contributed by atoms with Crippen LogP contribution >= 0.6 is 11.3 Å². The summed E-state index contributed by atoms with van der Waals surface area (Å²) in [7, 11) is 0. The molecule has 0 atom stereocenters. The first-order valence-corrected chi connectivity index (χ1v) is 10.1. The molecule has 1 amide bonds. The van der Waals surface area contributed by atoms with Crippen molar-refractivity contribution >= 4 is 17.2 Å². The van der Waals surface area contributed by atoms with Crippen LogP contribution in [-0.2, 0) is 24.2 Å². The van der Waals surface area contributed by atoms with Gasteiger partial charge in [-0.2, -0.15) is 0 Å². The van der Waals surface area contributed by atoms with Gasteiger partial charge in [-0.1, -0.05) is 36.8 Å². The Kier molecular flexibility index (Phi) is 7.00. The summed E-state index contributed by atoms with van der Waals surface area (Å²) in [6, 6.07) is 10.4. The van der Waals surface area contributed by atoms with Crippen molar-refractivity contribution in [3.8, 4) is 0 Å². The van der Waals surface area contributed by atoms with Gasteiger partial charge >= 0.3 is 0 Å². The predicted molar refractivity (Wildman–Crippen MR) is 103 cm³/mol. The SMILES string of the molecule is O=C(Cc1csc(CN2CCCCC2)n1)NCCCc1ccccc1. The van der Waals surface area contributed by atoms with Crippen LogP contribution in [0.2, 0.25) is 0 Å². The number of hydrogen-bond donors (Lipinski definition) is 1. The molecule has 0 unspecified atom stereocenters. The first-order chi connectivity index (χ1) is 12.3. The summed E-state index contributed by atoms with van der Waals surface area (Å²) in [5.74, 6) is 0.0721. The maximum absolute atomic E-state index is 12.1. The second-order valence-electron chi connectivity index (χ2n) is 6.69. The van der Waals surface area contributed by atoms with Crippen molar-refractivity contribution in [1.82, 2.24) is 15.2 Å². The fourth-order valence-corrected chi connectivity index (χ4v) is 4.04. The van der Waals surface area contributed by atoms with Gasteiger partial charge in [-0.25, -0.2) is 4.98 Å². The summed E-state index contributed by atoms with van der Waals surface area (Å²) in [6.45, 7) is 4.01. The number of piperidine rings is 1. The van der Waals surface area contributed by atoms with E-state index < -0.39 is 0 Å². The first-order valence-electron chi connectivity index (χ1n) is 9.26. The first kappa shape index (κ1) is 18.1. The zero-order valence-electron chi connectivity index (χ0n) is 14.7. The van der Waals surface area contributed by atoms with Gasteiger partial charge in [0.1, 0.15) is 5.01 Å².